The van der Waals surface area contributed by atoms with Gasteiger partial charge in [-0.2, -0.15) is 0 Å². The first kappa shape index (κ1) is 29.7. The zero-order valence-electron chi connectivity index (χ0n) is 23.3. The third kappa shape index (κ3) is 8.32. The summed E-state index contributed by atoms with van der Waals surface area (Å²) in [5.41, 5.74) is 3.69. The summed E-state index contributed by atoms with van der Waals surface area (Å²) in [6.45, 7) is 6.43. The van der Waals surface area contributed by atoms with Gasteiger partial charge in [-0.05, 0) is 62.8 Å². The molecule has 1 aliphatic carbocycles. The maximum Gasteiger partial charge on any atom is 0.243 e. The van der Waals surface area contributed by atoms with Crippen LogP contribution >= 0.6 is 0 Å². The molecule has 0 aromatic heterocycles. The Morgan fingerprint density at radius 3 is 2.26 bits per heavy atom. The number of hydrogen-bond acceptors (Lipinski definition) is 4. The van der Waals surface area contributed by atoms with Crippen molar-refractivity contribution in [2.75, 3.05) is 17.1 Å². The molecular formula is C30H43N3O4S. The quantitative estimate of drug-likeness (QED) is 0.405. The number of anilines is 1. The van der Waals surface area contributed by atoms with Crippen molar-refractivity contribution < 1.29 is 18.0 Å². The summed E-state index contributed by atoms with van der Waals surface area (Å²) in [5, 5.41) is 3.21. The molecule has 1 N–H and O–H groups in total. The largest absolute Gasteiger partial charge is 0.352 e. The van der Waals surface area contributed by atoms with Gasteiger partial charge in [0, 0.05) is 25.6 Å². The van der Waals surface area contributed by atoms with Crippen molar-refractivity contribution in [3.05, 3.63) is 65.2 Å². The maximum atomic E-state index is 13.6. The third-order valence-corrected chi connectivity index (χ3v) is 8.61. The minimum atomic E-state index is -3.51. The Kier molecular flexibility index (Phi) is 10.8. The van der Waals surface area contributed by atoms with Crippen LogP contribution in [0.3, 0.4) is 0 Å². The Morgan fingerprint density at radius 1 is 1.00 bits per heavy atom. The van der Waals surface area contributed by atoms with Crippen LogP contribution in [-0.2, 0) is 26.2 Å². The molecule has 2 aromatic carbocycles. The molecule has 0 bridgehead atoms. The average Bonchev–Trinajstić information content (AvgIpc) is 2.88. The Bertz CT molecular complexity index is 1170. The lowest BCUT2D eigenvalue weighted by Crippen LogP contribution is -2.51. The lowest BCUT2D eigenvalue weighted by molar-refractivity contribution is -0.141. The second kappa shape index (κ2) is 13.8. The van der Waals surface area contributed by atoms with Gasteiger partial charge in [0.15, 0.2) is 0 Å². The van der Waals surface area contributed by atoms with E-state index in [0.29, 0.717) is 25.1 Å². The highest BCUT2D eigenvalue weighted by molar-refractivity contribution is 7.92. The molecular weight excluding hydrogens is 498 g/mol. The fourth-order valence-corrected chi connectivity index (χ4v) is 6.12. The molecule has 8 heteroatoms. The topological polar surface area (TPSA) is 86.8 Å². The van der Waals surface area contributed by atoms with Gasteiger partial charge >= 0.3 is 0 Å². The number of carbonyl (C=O) groups is 2. The van der Waals surface area contributed by atoms with Crippen LogP contribution in [0.15, 0.2) is 48.5 Å². The van der Waals surface area contributed by atoms with Crippen LogP contribution in [0.4, 0.5) is 5.69 Å². The molecule has 0 radical (unpaired) electrons. The smallest absolute Gasteiger partial charge is 0.243 e. The predicted octanol–water partition coefficient (Wildman–Crippen LogP) is 5.11. The van der Waals surface area contributed by atoms with E-state index in [1.807, 2.05) is 57.2 Å². The molecule has 1 atom stereocenters. The van der Waals surface area contributed by atoms with E-state index in [0.717, 1.165) is 42.4 Å². The molecule has 38 heavy (non-hydrogen) atoms. The van der Waals surface area contributed by atoms with E-state index in [9.17, 15) is 18.0 Å². The fourth-order valence-electron chi connectivity index (χ4n) is 5.15. The number of nitrogens with one attached hydrogen (secondary N) is 1. The second-order valence-electron chi connectivity index (χ2n) is 10.5. The van der Waals surface area contributed by atoms with Gasteiger partial charge in [0.25, 0.3) is 0 Å². The Labute approximate surface area is 228 Å². The highest BCUT2D eigenvalue weighted by Crippen LogP contribution is 2.22. The highest BCUT2D eigenvalue weighted by atomic mass is 32.2. The first-order valence-corrected chi connectivity index (χ1v) is 15.6. The van der Waals surface area contributed by atoms with Gasteiger partial charge in [-0.1, -0.05) is 68.1 Å². The van der Waals surface area contributed by atoms with Crippen LogP contribution in [-0.4, -0.2) is 50.0 Å². The molecule has 1 aliphatic rings. The molecule has 208 valence electrons. The lowest BCUT2D eigenvalue weighted by Gasteiger charge is -2.33. The minimum Gasteiger partial charge on any atom is -0.352 e. The monoisotopic (exact) mass is 541 g/mol. The van der Waals surface area contributed by atoms with Gasteiger partial charge in [0.2, 0.25) is 21.8 Å². The SMILES string of the molecule is CC[C@@H](C(=O)NC1CCCCC1)N(Cc1ccccc1C)C(=O)CCCN(c1ccc(C)cc1)S(C)(=O)=O. The van der Waals surface area contributed by atoms with Crippen LogP contribution in [0, 0.1) is 13.8 Å². The van der Waals surface area contributed by atoms with Crippen LogP contribution in [0.2, 0.25) is 0 Å². The predicted molar refractivity (Wildman–Crippen MR) is 153 cm³/mol. The molecule has 0 unspecified atom stereocenters. The number of benzene rings is 2. The molecule has 2 amide bonds. The van der Waals surface area contributed by atoms with E-state index >= 15 is 0 Å². The Morgan fingerprint density at radius 2 is 1.66 bits per heavy atom. The summed E-state index contributed by atoms with van der Waals surface area (Å²) in [5.74, 6) is -0.241. The fraction of sp³-hybridized carbons (Fsp3) is 0.533. The minimum absolute atomic E-state index is 0.0984. The number of carbonyl (C=O) groups excluding carboxylic acids is 2. The molecule has 3 rings (SSSR count). The van der Waals surface area contributed by atoms with Gasteiger partial charge in [0.05, 0.1) is 11.9 Å². The van der Waals surface area contributed by atoms with Gasteiger partial charge in [0.1, 0.15) is 6.04 Å². The van der Waals surface area contributed by atoms with Gasteiger partial charge in [-0.3, -0.25) is 13.9 Å². The number of hydrogen-bond donors (Lipinski definition) is 1. The molecule has 1 fully saturated rings. The highest BCUT2D eigenvalue weighted by Gasteiger charge is 2.30. The van der Waals surface area contributed by atoms with E-state index in [-0.39, 0.29) is 30.8 Å². The molecule has 0 heterocycles. The van der Waals surface area contributed by atoms with E-state index in [1.165, 1.54) is 17.0 Å². The first-order valence-electron chi connectivity index (χ1n) is 13.8. The van der Waals surface area contributed by atoms with Crippen molar-refractivity contribution in [3.8, 4) is 0 Å². The van der Waals surface area contributed by atoms with Gasteiger partial charge < -0.3 is 10.2 Å². The molecule has 0 saturated heterocycles. The van der Waals surface area contributed by atoms with Crippen LogP contribution in [0.1, 0.15) is 75.0 Å². The van der Waals surface area contributed by atoms with Gasteiger partial charge in [-0.25, -0.2) is 8.42 Å². The van der Waals surface area contributed by atoms with Crippen molar-refractivity contribution >= 4 is 27.5 Å². The molecule has 7 nitrogen and oxygen atoms in total. The Hall–Kier alpha value is -2.87. The summed E-state index contributed by atoms with van der Waals surface area (Å²) < 4.78 is 26.4. The Balaban J connectivity index is 1.76. The van der Waals surface area contributed by atoms with Crippen molar-refractivity contribution in [2.45, 2.75) is 90.8 Å². The summed E-state index contributed by atoms with van der Waals surface area (Å²) in [6.07, 6.45) is 7.59. The summed E-state index contributed by atoms with van der Waals surface area (Å²) >= 11 is 0. The van der Waals surface area contributed by atoms with E-state index in [2.05, 4.69) is 5.32 Å². The standard InChI is InChI=1S/C30H43N3O4S/c1-5-28(30(35)31-26-14-7-6-8-15-26)32(22-25-13-10-9-12-24(25)3)29(34)16-11-21-33(38(4,36)37)27-19-17-23(2)18-20-27/h9-10,12-13,17-20,26,28H,5-8,11,14-16,21-22H2,1-4H3,(H,31,35)/t28-/m0/s1. The van der Waals surface area contributed by atoms with Crippen molar-refractivity contribution in [1.29, 1.82) is 0 Å². The third-order valence-electron chi connectivity index (χ3n) is 7.41. The zero-order chi connectivity index (χ0) is 27.7. The summed E-state index contributed by atoms with van der Waals surface area (Å²) in [6, 6.07) is 14.8. The summed E-state index contributed by atoms with van der Waals surface area (Å²) in [7, 11) is -3.51. The van der Waals surface area contributed by atoms with E-state index in [4.69, 9.17) is 0 Å². The lowest BCUT2D eigenvalue weighted by atomic mass is 9.95. The first-order chi connectivity index (χ1) is 18.1. The zero-order valence-corrected chi connectivity index (χ0v) is 24.1. The summed E-state index contributed by atoms with van der Waals surface area (Å²) in [4.78, 5) is 28.7. The van der Waals surface area contributed by atoms with Crippen molar-refractivity contribution in [2.24, 2.45) is 0 Å². The number of rotatable bonds is 12. The number of amides is 2. The molecule has 0 spiro atoms. The number of nitrogens with zero attached hydrogens (tertiary/aromatic N) is 2. The molecule has 0 aliphatic heterocycles. The van der Waals surface area contributed by atoms with Crippen LogP contribution in [0.25, 0.3) is 0 Å². The van der Waals surface area contributed by atoms with Crippen LogP contribution < -0.4 is 9.62 Å². The normalized spacial score (nSPS) is 15.1. The van der Waals surface area contributed by atoms with Crippen molar-refractivity contribution in [1.82, 2.24) is 10.2 Å². The number of aryl methyl sites for hydroxylation is 2. The van der Waals surface area contributed by atoms with Crippen LogP contribution in [0.5, 0.6) is 0 Å². The average molecular weight is 542 g/mol. The number of sulfonamides is 1. The van der Waals surface area contributed by atoms with Crippen molar-refractivity contribution in [3.63, 3.8) is 0 Å². The molecule has 2 aromatic rings. The van der Waals surface area contributed by atoms with E-state index in [1.54, 1.807) is 17.0 Å². The maximum absolute atomic E-state index is 13.6. The van der Waals surface area contributed by atoms with E-state index < -0.39 is 16.1 Å². The second-order valence-corrected chi connectivity index (χ2v) is 12.4. The molecule has 1 saturated carbocycles. The van der Waals surface area contributed by atoms with Gasteiger partial charge in [-0.15, -0.1) is 0 Å².